The molecule has 2 amide bonds. The fraction of sp³-hybridized carbons (Fsp3) is 0.300. The Morgan fingerprint density at radius 2 is 1.72 bits per heavy atom. The summed E-state index contributed by atoms with van der Waals surface area (Å²) in [5.74, 6) is 0. The van der Waals surface area contributed by atoms with Crippen LogP contribution in [0.1, 0.15) is 24.5 Å². The van der Waals surface area contributed by atoms with Gasteiger partial charge in [0, 0.05) is 18.8 Å². The molecule has 130 valence electrons. The Morgan fingerprint density at radius 3 is 2.32 bits per heavy atom. The average Bonchev–Trinajstić information content (AvgIpc) is 2.63. The van der Waals surface area contributed by atoms with Crippen LogP contribution >= 0.6 is 0 Å². The summed E-state index contributed by atoms with van der Waals surface area (Å²) in [5.41, 5.74) is 2.90. The zero-order valence-electron chi connectivity index (χ0n) is 14.6. The highest BCUT2D eigenvalue weighted by atomic mass is 16.5. The van der Waals surface area contributed by atoms with Crippen LogP contribution in [0.2, 0.25) is 0 Å². The number of hydrogen-bond acceptors (Lipinski definition) is 3. The minimum atomic E-state index is -0.226. The van der Waals surface area contributed by atoms with Gasteiger partial charge in [-0.25, -0.2) is 4.79 Å². The summed E-state index contributed by atoms with van der Waals surface area (Å²) < 4.78 is 5.70. The first-order chi connectivity index (χ1) is 12.1. The van der Waals surface area contributed by atoms with Crippen LogP contribution in [-0.4, -0.2) is 24.0 Å². The molecule has 0 aliphatic carbocycles. The van der Waals surface area contributed by atoms with Crippen molar-refractivity contribution >= 4 is 11.7 Å². The number of anilines is 1. The molecule has 5 nitrogen and oxygen atoms in total. The molecule has 0 heterocycles. The SMILES string of the molecule is C[C@@H](CC#N)N(C)C(=O)Nc1ccc(COCc2ccccc2)cc1. The third-order valence-electron chi connectivity index (χ3n) is 3.95. The lowest BCUT2D eigenvalue weighted by molar-refractivity contribution is 0.107. The topological polar surface area (TPSA) is 65.4 Å². The number of rotatable bonds is 7. The quantitative estimate of drug-likeness (QED) is 0.824. The molecule has 1 atom stereocenters. The van der Waals surface area contributed by atoms with Crippen molar-refractivity contribution in [2.45, 2.75) is 32.6 Å². The molecule has 0 aliphatic heterocycles. The Morgan fingerprint density at radius 1 is 1.12 bits per heavy atom. The van der Waals surface area contributed by atoms with Crippen LogP contribution in [-0.2, 0) is 18.0 Å². The molecule has 0 unspecified atom stereocenters. The summed E-state index contributed by atoms with van der Waals surface area (Å²) in [6.45, 7) is 2.93. The van der Waals surface area contributed by atoms with Gasteiger partial charge < -0.3 is 15.0 Å². The summed E-state index contributed by atoms with van der Waals surface area (Å²) in [6.07, 6.45) is 0.307. The van der Waals surface area contributed by atoms with Crippen molar-refractivity contribution in [3.63, 3.8) is 0 Å². The van der Waals surface area contributed by atoms with Gasteiger partial charge in [0.1, 0.15) is 0 Å². The number of carbonyl (C=O) groups excluding carboxylic acids is 1. The molecule has 2 aromatic rings. The molecular weight excluding hydrogens is 314 g/mol. The molecule has 0 bridgehead atoms. The molecular formula is C20H23N3O2. The molecule has 2 rings (SSSR count). The van der Waals surface area contributed by atoms with Crippen LogP contribution in [0.15, 0.2) is 54.6 Å². The number of amides is 2. The van der Waals surface area contributed by atoms with Gasteiger partial charge in [0.15, 0.2) is 0 Å². The Kier molecular flexibility index (Phi) is 7.00. The molecule has 25 heavy (non-hydrogen) atoms. The van der Waals surface area contributed by atoms with Gasteiger partial charge >= 0.3 is 6.03 Å². The van der Waals surface area contributed by atoms with Gasteiger partial charge in [0.25, 0.3) is 0 Å². The zero-order chi connectivity index (χ0) is 18.1. The number of nitrogens with one attached hydrogen (secondary N) is 1. The Labute approximate surface area is 148 Å². The van der Waals surface area contributed by atoms with E-state index in [0.717, 1.165) is 11.1 Å². The lowest BCUT2D eigenvalue weighted by atomic mass is 10.2. The van der Waals surface area contributed by atoms with Gasteiger partial charge in [0.2, 0.25) is 0 Å². The van der Waals surface area contributed by atoms with Crippen molar-refractivity contribution in [1.29, 1.82) is 5.26 Å². The van der Waals surface area contributed by atoms with Gasteiger partial charge in [-0.1, -0.05) is 42.5 Å². The summed E-state index contributed by atoms with van der Waals surface area (Å²) >= 11 is 0. The lowest BCUT2D eigenvalue weighted by Crippen LogP contribution is -2.38. The minimum absolute atomic E-state index is 0.129. The van der Waals surface area contributed by atoms with Crippen LogP contribution in [0.4, 0.5) is 10.5 Å². The lowest BCUT2D eigenvalue weighted by Gasteiger charge is -2.23. The van der Waals surface area contributed by atoms with E-state index in [9.17, 15) is 4.79 Å². The van der Waals surface area contributed by atoms with Crippen molar-refractivity contribution in [3.8, 4) is 6.07 Å². The monoisotopic (exact) mass is 337 g/mol. The largest absolute Gasteiger partial charge is 0.372 e. The van der Waals surface area contributed by atoms with Crippen LogP contribution in [0.5, 0.6) is 0 Å². The maximum atomic E-state index is 12.1. The first-order valence-electron chi connectivity index (χ1n) is 8.21. The van der Waals surface area contributed by atoms with Crippen molar-refractivity contribution in [2.75, 3.05) is 12.4 Å². The van der Waals surface area contributed by atoms with Crippen molar-refractivity contribution < 1.29 is 9.53 Å². The predicted octanol–water partition coefficient (Wildman–Crippen LogP) is 4.17. The summed E-state index contributed by atoms with van der Waals surface area (Å²) in [5, 5.41) is 11.5. The van der Waals surface area contributed by atoms with Gasteiger partial charge in [0.05, 0.1) is 25.7 Å². The smallest absolute Gasteiger partial charge is 0.321 e. The van der Waals surface area contributed by atoms with E-state index < -0.39 is 0 Å². The van der Waals surface area contributed by atoms with E-state index in [4.69, 9.17) is 10.00 Å². The van der Waals surface area contributed by atoms with Crippen molar-refractivity contribution in [2.24, 2.45) is 0 Å². The van der Waals surface area contributed by atoms with E-state index in [0.29, 0.717) is 25.3 Å². The normalized spacial score (nSPS) is 11.4. The molecule has 0 radical (unpaired) electrons. The molecule has 0 spiro atoms. The number of urea groups is 1. The highest BCUT2D eigenvalue weighted by Gasteiger charge is 2.15. The number of benzene rings is 2. The molecule has 0 saturated carbocycles. The highest BCUT2D eigenvalue weighted by Crippen LogP contribution is 2.13. The predicted molar refractivity (Wildman–Crippen MR) is 97.9 cm³/mol. The van der Waals surface area contributed by atoms with Crippen LogP contribution in [0.3, 0.4) is 0 Å². The molecule has 0 fully saturated rings. The van der Waals surface area contributed by atoms with Crippen LogP contribution in [0, 0.1) is 11.3 Å². The minimum Gasteiger partial charge on any atom is -0.372 e. The summed E-state index contributed by atoms with van der Waals surface area (Å²) in [7, 11) is 1.68. The number of nitrogens with zero attached hydrogens (tertiary/aromatic N) is 2. The number of hydrogen-bond donors (Lipinski definition) is 1. The maximum absolute atomic E-state index is 12.1. The van der Waals surface area contributed by atoms with Gasteiger partial charge in [-0.15, -0.1) is 0 Å². The fourth-order valence-electron chi connectivity index (χ4n) is 2.23. The van der Waals surface area contributed by atoms with E-state index in [1.807, 2.05) is 61.5 Å². The molecule has 0 aliphatic rings. The molecule has 2 aromatic carbocycles. The highest BCUT2D eigenvalue weighted by molar-refractivity contribution is 5.89. The number of ether oxygens (including phenoxy) is 1. The zero-order valence-corrected chi connectivity index (χ0v) is 14.6. The van der Waals surface area contributed by atoms with Crippen molar-refractivity contribution in [1.82, 2.24) is 4.90 Å². The molecule has 5 heteroatoms. The van der Waals surface area contributed by atoms with Gasteiger partial charge in [-0.2, -0.15) is 5.26 Å². The van der Waals surface area contributed by atoms with Crippen molar-refractivity contribution in [3.05, 3.63) is 65.7 Å². The third-order valence-corrected chi connectivity index (χ3v) is 3.95. The molecule has 0 saturated heterocycles. The van der Waals surface area contributed by atoms with Gasteiger partial charge in [-0.3, -0.25) is 0 Å². The molecule has 1 N–H and O–H groups in total. The molecule has 0 aromatic heterocycles. The van der Waals surface area contributed by atoms with Crippen LogP contribution < -0.4 is 5.32 Å². The first-order valence-corrected chi connectivity index (χ1v) is 8.21. The first kappa shape index (κ1) is 18.5. The van der Waals surface area contributed by atoms with Crippen LogP contribution in [0.25, 0.3) is 0 Å². The average molecular weight is 337 g/mol. The van der Waals surface area contributed by atoms with E-state index in [2.05, 4.69) is 11.4 Å². The summed E-state index contributed by atoms with van der Waals surface area (Å²) in [6, 6.07) is 19.3. The van der Waals surface area contributed by atoms with E-state index >= 15 is 0 Å². The Balaban J connectivity index is 1.81. The second-order valence-electron chi connectivity index (χ2n) is 5.93. The number of carbonyl (C=O) groups is 1. The fourth-order valence-corrected chi connectivity index (χ4v) is 2.23. The second-order valence-corrected chi connectivity index (χ2v) is 5.93. The van der Waals surface area contributed by atoms with Gasteiger partial charge in [-0.05, 0) is 30.2 Å². The van der Waals surface area contributed by atoms with E-state index in [1.165, 1.54) is 4.90 Å². The maximum Gasteiger partial charge on any atom is 0.321 e. The van der Waals surface area contributed by atoms with E-state index in [-0.39, 0.29) is 12.1 Å². The second kappa shape index (κ2) is 9.45. The third kappa shape index (κ3) is 5.94. The Bertz CT molecular complexity index is 708. The standard InChI is InChI=1S/C20H23N3O2/c1-16(12-13-21)23(2)20(24)22-19-10-8-18(9-11-19)15-25-14-17-6-4-3-5-7-17/h3-11,16H,12,14-15H2,1-2H3,(H,22,24)/t16-/m0/s1. The number of nitriles is 1. The summed E-state index contributed by atoms with van der Waals surface area (Å²) in [4.78, 5) is 13.7. The van der Waals surface area contributed by atoms with E-state index in [1.54, 1.807) is 7.05 Å². The Hall–Kier alpha value is -2.84.